The van der Waals surface area contributed by atoms with Crippen molar-refractivity contribution >= 4 is 5.78 Å². The first-order valence-corrected chi connectivity index (χ1v) is 4.44. The van der Waals surface area contributed by atoms with Gasteiger partial charge in [-0.2, -0.15) is 0 Å². The number of terminal acetylenes is 1. The summed E-state index contributed by atoms with van der Waals surface area (Å²) in [6.45, 7) is 1.38. The van der Waals surface area contributed by atoms with Gasteiger partial charge in [0.25, 0.3) is 0 Å². The van der Waals surface area contributed by atoms with Gasteiger partial charge in [0.2, 0.25) is 0 Å². The highest BCUT2D eigenvalue weighted by Crippen LogP contribution is 2.33. The van der Waals surface area contributed by atoms with Crippen LogP contribution < -0.4 is 0 Å². The molecule has 0 amide bonds. The number of ether oxygens (including phenoxy) is 2. The Labute approximate surface area is 78.4 Å². The summed E-state index contributed by atoms with van der Waals surface area (Å²) in [4.78, 5) is 10.9. The first-order chi connectivity index (χ1) is 6.31. The number of carbonyl (C=O) groups excluding carboxylic acids is 1. The zero-order chi connectivity index (χ0) is 9.73. The van der Waals surface area contributed by atoms with Crippen molar-refractivity contribution in [3.05, 3.63) is 0 Å². The fourth-order valence-electron chi connectivity index (χ4n) is 1.70. The molecule has 1 saturated carbocycles. The average molecular weight is 182 g/mol. The van der Waals surface area contributed by atoms with E-state index in [4.69, 9.17) is 9.47 Å². The van der Waals surface area contributed by atoms with Crippen molar-refractivity contribution in [2.24, 2.45) is 0 Å². The summed E-state index contributed by atoms with van der Waals surface area (Å²) in [6.07, 6.45) is 10.8. The van der Waals surface area contributed by atoms with Crippen molar-refractivity contribution in [2.75, 3.05) is 13.2 Å². The molecule has 1 spiro atoms. The summed E-state index contributed by atoms with van der Waals surface area (Å²) in [5.74, 6) is -0.0248. The van der Waals surface area contributed by atoms with Crippen LogP contribution in [-0.2, 0) is 14.3 Å². The minimum Gasteiger partial charge on any atom is -0.348 e. The molecule has 3 nitrogen and oxygen atoms in total. The summed E-state index contributed by atoms with van der Waals surface area (Å²) in [5.41, 5.74) is 0. The Balaban J connectivity index is 0.000000396. The second-order valence-corrected chi connectivity index (χ2v) is 3.15. The average Bonchev–Trinajstić information content (AvgIpc) is 2.63. The van der Waals surface area contributed by atoms with E-state index >= 15 is 0 Å². The van der Waals surface area contributed by atoms with Gasteiger partial charge in [-0.1, -0.05) is 0 Å². The van der Waals surface area contributed by atoms with Crippen LogP contribution in [0.3, 0.4) is 0 Å². The highest BCUT2D eigenvalue weighted by atomic mass is 16.7. The van der Waals surface area contributed by atoms with Crippen molar-refractivity contribution < 1.29 is 14.3 Å². The predicted molar refractivity (Wildman–Crippen MR) is 48.0 cm³/mol. The standard InChI is InChI=1S/C8H12O3.C2H2/c9-7-1-3-8(4-2-7)10-5-6-11-8;1-2/h1-6H2;1-2H. The summed E-state index contributed by atoms with van der Waals surface area (Å²) in [7, 11) is 0. The maximum absolute atomic E-state index is 10.9. The molecule has 2 fully saturated rings. The van der Waals surface area contributed by atoms with Crippen molar-refractivity contribution in [1.82, 2.24) is 0 Å². The molecule has 1 heterocycles. The molecule has 1 aliphatic heterocycles. The second-order valence-electron chi connectivity index (χ2n) is 3.15. The molecule has 0 radical (unpaired) electrons. The Bertz CT molecular complexity index is 189. The number of Topliss-reactive ketones (excluding diaryl/α,β-unsaturated/α-hetero) is 1. The quantitative estimate of drug-likeness (QED) is 0.527. The lowest BCUT2D eigenvalue weighted by molar-refractivity contribution is -0.179. The van der Waals surface area contributed by atoms with Crippen molar-refractivity contribution in [3.63, 3.8) is 0 Å². The molecular weight excluding hydrogens is 168 g/mol. The maximum Gasteiger partial charge on any atom is 0.169 e. The van der Waals surface area contributed by atoms with E-state index in [0.29, 0.717) is 31.8 Å². The molecule has 2 rings (SSSR count). The molecule has 2 aliphatic rings. The van der Waals surface area contributed by atoms with Crippen LogP contribution in [-0.4, -0.2) is 24.8 Å². The summed E-state index contributed by atoms with van der Waals surface area (Å²) in [6, 6.07) is 0. The minimum absolute atomic E-state index is 0.342. The molecule has 0 aromatic rings. The van der Waals surface area contributed by atoms with E-state index in [9.17, 15) is 4.79 Å². The Morgan fingerprint density at radius 2 is 1.54 bits per heavy atom. The molecule has 1 aliphatic carbocycles. The first-order valence-electron chi connectivity index (χ1n) is 4.44. The highest BCUT2D eigenvalue weighted by molar-refractivity contribution is 5.79. The fourth-order valence-corrected chi connectivity index (χ4v) is 1.70. The largest absolute Gasteiger partial charge is 0.348 e. The van der Waals surface area contributed by atoms with E-state index in [1.807, 2.05) is 0 Å². The monoisotopic (exact) mass is 182 g/mol. The van der Waals surface area contributed by atoms with Crippen molar-refractivity contribution in [2.45, 2.75) is 31.5 Å². The lowest BCUT2D eigenvalue weighted by Gasteiger charge is -2.30. The van der Waals surface area contributed by atoms with Crippen molar-refractivity contribution in [3.8, 4) is 12.8 Å². The van der Waals surface area contributed by atoms with E-state index in [2.05, 4.69) is 12.8 Å². The van der Waals surface area contributed by atoms with Crippen LogP contribution >= 0.6 is 0 Å². The Morgan fingerprint density at radius 3 is 2.00 bits per heavy atom. The van der Waals surface area contributed by atoms with Gasteiger partial charge in [0, 0.05) is 25.7 Å². The van der Waals surface area contributed by atoms with Crippen LogP contribution in [0.2, 0.25) is 0 Å². The molecule has 13 heavy (non-hydrogen) atoms. The number of ketones is 1. The third-order valence-corrected chi connectivity index (χ3v) is 2.38. The summed E-state index contributed by atoms with van der Waals surface area (Å²) in [5, 5.41) is 0. The Hall–Kier alpha value is -0.850. The molecule has 0 N–H and O–H groups in total. The van der Waals surface area contributed by atoms with Crippen LogP contribution in [0.1, 0.15) is 25.7 Å². The van der Waals surface area contributed by atoms with Gasteiger partial charge in [-0.05, 0) is 0 Å². The molecule has 0 aromatic carbocycles. The van der Waals surface area contributed by atoms with Crippen LogP contribution in [0.15, 0.2) is 0 Å². The number of rotatable bonds is 0. The lowest BCUT2D eigenvalue weighted by Crippen LogP contribution is -2.35. The van der Waals surface area contributed by atoms with E-state index in [1.54, 1.807) is 0 Å². The van der Waals surface area contributed by atoms with Crippen LogP contribution in [0.5, 0.6) is 0 Å². The third-order valence-electron chi connectivity index (χ3n) is 2.38. The van der Waals surface area contributed by atoms with E-state index in [1.165, 1.54) is 0 Å². The van der Waals surface area contributed by atoms with Gasteiger partial charge >= 0.3 is 0 Å². The topological polar surface area (TPSA) is 35.5 Å². The van der Waals surface area contributed by atoms with E-state index < -0.39 is 0 Å². The first kappa shape index (κ1) is 10.2. The molecule has 3 heteroatoms. The lowest BCUT2D eigenvalue weighted by atomic mass is 9.93. The molecular formula is C10H14O3. The number of carbonyl (C=O) groups is 1. The number of hydrogen-bond donors (Lipinski definition) is 0. The van der Waals surface area contributed by atoms with Crippen LogP contribution in [0.25, 0.3) is 0 Å². The van der Waals surface area contributed by atoms with Gasteiger partial charge in [0.05, 0.1) is 13.2 Å². The van der Waals surface area contributed by atoms with Gasteiger partial charge in [-0.15, -0.1) is 12.8 Å². The minimum atomic E-state index is -0.367. The Kier molecular flexibility index (Phi) is 3.47. The van der Waals surface area contributed by atoms with Crippen molar-refractivity contribution in [1.29, 1.82) is 0 Å². The highest BCUT2D eigenvalue weighted by Gasteiger charge is 2.39. The summed E-state index contributed by atoms with van der Waals surface area (Å²) >= 11 is 0. The van der Waals surface area contributed by atoms with Gasteiger partial charge in [-0.25, -0.2) is 0 Å². The Morgan fingerprint density at radius 1 is 1.08 bits per heavy atom. The molecule has 0 bridgehead atoms. The summed E-state index contributed by atoms with van der Waals surface area (Å²) < 4.78 is 10.9. The fraction of sp³-hybridized carbons (Fsp3) is 0.700. The second kappa shape index (κ2) is 4.40. The molecule has 0 unspecified atom stereocenters. The molecule has 1 saturated heterocycles. The SMILES string of the molecule is C#C.O=C1CCC2(CC1)OCCO2. The molecule has 0 aromatic heterocycles. The predicted octanol–water partition coefficient (Wildman–Crippen LogP) is 1.12. The smallest absolute Gasteiger partial charge is 0.169 e. The van der Waals surface area contributed by atoms with Crippen LogP contribution in [0.4, 0.5) is 0 Å². The molecule has 0 atom stereocenters. The zero-order valence-electron chi connectivity index (χ0n) is 7.62. The van der Waals surface area contributed by atoms with E-state index in [-0.39, 0.29) is 5.79 Å². The van der Waals surface area contributed by atoms with Gasteiger partial charge in [-0.3, -0.25) is 4.79 Å². The van der Waals surface area contributed by atoms with Crippen LogP contribution in [0, 0.1) is 12.8 Å². The third kappa shape index (κ3) is 2.30. The van der Waals surface area contributed by atoms with E-state index in [0.717, 1.165) is 12.8 Å². The van der Waals surface area contributed by atoms with Gasteiger partial charge in [0.1, 0.15) is 5.78 Å². The molecule has 72 valence electrons. The number of hydrogen-bond acceptors (Lipinski definition) is 3. The normalized spacial score (nSPS) is 25.2. The van der Waals surface area contributed by atoms with Gasteiger partial charge < -0.3 is 9.47 Å². The maximum atomic E-state index is 10.9. The van der Waals surface area contributed by atoms with Gasteiger partial charge in [0.15, 0.2) is 5.79 Å². The zero-order valence-corrected chi connectivity index (χ0v) is 7.62.